The number of hydrogen-bond acceptors (Lipinski definition) is 4. The molecule has 19 heavy (non-hydrogen) atoms. The fraction of sp³-hybridized carbons (Fsp3) is 0.667. The van der Waals surface area contributed by atoms with E-state index in [-0.39, 0.29) is 5.95 Å². The number of piperidine rings is 1. The van der Waals surface area contributed by atoms with Crippen molar-refractivity contribution in [1.82, 2.24) is 14.9 Å². The summed E-state index contributed by atoms with van der Waals surface area (Å²) in [4.78, 5) is 9.53. The Balaban J connectivity index is 1.92. The summed E-state index contributed by atoms with van der Waals surface area (Å²) in [5.41, 5.74) is -0.911. The van der Waals surface area contributed by atoms with Crippen LogP contribution < -0.4 is 5.32 Å². The third-order valence-electron chi connectivity index (χ3n) is 3.22. The van der Waals surface area contributed by atoms with E-state index in [0.717, 1.165) is 38.2 Å². The Morgan fingerprint density at radius 3 is 2.95 bits per heavy atom. The normalized spacial score (nSPS) is 21.4. The molecular formula is C12H17F3N4. The first kappa shape index (κ1) is 14.0. The van der Waals surface area contributed by atoms with Crippen molar-refractivity contribution < 1.29 is 13.2 Å². The van der Waals surface area contributed by atoms with Crippen LogP contribution in [0.15, 0.2) is 12.3 Å². The van der Waals surface area contributed by atoms with Crippen LogP contribution in [0.25, 0.3) is 0 Å². The van der Waals surface area contributed by atoms with Crippen LogP contribution in [0.3, 0.4) is 0 Å². The molecule has 106 valence electrons. The molecule has 1 atom stereocenters. The van der Waals surface area contributed by atoms with Crippen molar-refractivity contribution in [2.45, 2.75) is 19.0 Å². The molecule has 0 saturated carbocycles. The van der Waals surface area contributed by atoms with Gasteiger partial charge in [-0.1, -0.05) is 0 Å². The number of nitrogens with one attached hydrogen (secondary N) is 1. The first-order valence-electron chi connectivity index (χ1n) is 6.28. The van der Waals surface area contributed by atoms with E-state index in [9.17, 15) is 13.2 Å². The molecule has 7 heteroatoms. The second kappa shape index (κ2) is 5.73. The molecule has 2 heterocycles. The van der Waals surface area contributed by atoms with Gasteiger partial charge in [-0.2, -0.15) is 13.2 Å². The first-order valence-corrected chi connectivity index (χ1v) is 6.28. The SMILES string of the molecule is CN1CCC[C@@H](CNc2nccc(C(F)(F)F)n2)C1. The van der Waals surface area contributed by atoms with Crippen LogP contribution in [-0.2, 0) is 6.18 Å². The highest BCUT2D eigenvalue weighted by Crippen LogP contribution is 2.27. The van der Waals surface area contributed by atoms with Gasteiger partial charge < -0.3 is 10.2 Å². The van der Waals surface area contributed by atoms with E-state index in [2.05, 4.69) is 20.2 Å². The summed E-state index contributed by atoms with van der Waals surface area (Å²) in [6, 6.07) is 0.875. The van der Waals surface area contributed by atoms with Crippen LogP contribution in [-0.4, -0.2) is 41.5 Å². The number of hydrogen-bond donors (Lipinski definition) is 1. The molecule has 0 amide bonds. The predicted octanol–water partition coefficient (Wildman–Crippen LogP) is 2.25. The molecule has 0 spiro atoms. The van der Waals surface area contributed by atoms with Gasteiger partial charge >= 0.3 is 6.18 Å². The summed E-state index contributed by atoms with van der Waals surface area (Å²) in [5.74, 6) is 0.472. The van der Waals surface area contributed by atoms with E-state index >= 15 is 0 Å². The molecule has 1 fully saturated rings. The summed E-state index contributed by atoms with van der Waals surface area (Å²) < 4.78 is 37.5. The molecule has 0 bridgehead atoms. The largest absolute Gasteiger partial charge is 0.433 e. The summed E-state index contributed by atoms with van der Waals surface area (Å²) in [6.07, 6.45) is -1.10. The molecule has 1 aliphatic heterocycles. The van der Waals surface area contributed by atoms with Crippen LogP contribution in [0.1, 0.15) is 18.5 Å². The molecule has 1 aliphatic rings. The third kappa shape index (κ3) is 4.05. The van der Waals surface area contributed by atoms with Crippen LogP contribution in [0.2, 0.25) is 0 Å². The minimum atomic E-state index is -4.43. The number of nitrogens with zero attached hydrogens (tertiary/aromatic N) is 3. The van der Waals surface area contributed by atoms with Crippen molar-refractivity contribution in [3.8, 4) is 0 Å². The molecule has 1 aromatic heterocycles. The molecule has 0 aromatic carbocycles. The second-order valence-corrected chi connectivity index (χ2v) is 4.91. The zero-order valence-corrected chi connectivity index (χ0v) is 10.7. The predicted molar refractivity (Wildman–Crippen MR) is 65.7 cm³/mol. The zero-order valence-electron chi connectivity index (χ0n) is 10.7. The molecule has 0 radical (unpaired) electrons. The van der Waals surface area contributed by atoms with Gasteiger partial charge in [0.1, 0.15) is 5.69 Å². The highest BCUT2D eigenvalue weighted by molar-refractivity contribution is 5.26. The molecule has 0 aliphatic carbocycles. The van der Waals surface area contributed by atoms with Gasteiger partial charge in [-0.05, 0) is 38.4 Å². The van der Waals surface area contributed by atoms with Gasteiger partial charge in [-0.15, -0.1) is 0 Å². The number of likely N-dealkylation sites (tertiary alicyclic amines) is 1. The third-order valence-corrected chi connectivity index (χ3v) is 3.22. The van der Waals surface area contributed by atoms with Crippen LogP contribution in [0.4, 0.5) is 19.1 Å². The summed E-state index contributed by atoms with van der Waals surface area (Å²) in [6.45, 7) is 2.63. The van der Waals surface area contributed by atoms with Crippen molar-refractivity contribution in [3.63, 3.8) is 0 Å². The van der Waals surface area contributed by atoms with Gasteiger partial charge in [0.15, 0.2) is 0 Å². The molecule has 1 aromatic rings. The maximum Gasteiger partial charge on any atom is 0.433 e. The van der Waals surface area contributed by atoms with Gasteiger partial charge in [0.2, 0.25) is 5.95 Å². The van der Waals surface area contributed by atoms with Gasteiger partial charge in [0.05, 0.1) is 0 Å². The molecule has 1 saturated heterocycles. The van der Waals surface area contributed by atoms with E-state index in [1.807, 2.05) is 7.05 Å². The molecular weight excluding hydrogens is 257 g/mol. The molecule has 0 unspecified atom stereocenters. The topological polar surface area (TPSA) is 41.0 Å². The lowest BCUT2D eigenvalue weighted by Gasteiger charge is -2.29. The van der Waals surface area contributed by atoms with Gasteiger partial charge in [-0.25, -0.2) is 9.97 Å². The highest BCUT2D eigenvalue weighted by atomic mass is 19.4. The highest BCUT2D eigenvalue weighted by Gasteiger charge is 2.32. The maximum atomic E-state index is 12.5. The standard InChI is InChI=1S/C12H17F3N4/c1-19-6-2-3-9(8-19)7-17-11-16-5-4-10(18-11)12(13,14)15/h4-5,9H,2-3,6-8H2,1H3,(H,16,17,18)/t9-/m0/s1. The van der Waals surface area contributed by atoms with E-state index < -0.39 is 11.9 Å². The van der Waals surface area contributed by atoms with E-state index in [1.165, 1.54) is 0 Å². The number of anilines is 1. The van der Waals surface area contributed by atoms with Gasteiger partial charge in [0.25, 0.3) is 0 Å². The fourth-order valence-electron chi connectivity index (χ4n) is 2.28. The van der Waals surface area contributed by atoms with Crippen LogP contribution in [0.5, 0.6) is 0 Å². The lowest BCUT2D eigenvalue weighted by molar-refractivity contribution is -0.141. The Morgan fingerprint density at radius 1 is 1.47 bits per heavy atom. The number of alkyl halides is 3. The number of halogens is 3. The summed E-state index contributed by atoms with van der Waals surface area (Å²) in [7, 11) is 2.05. The van der Waals surface area contributed by atoms with Crippen LogP contribution >= 0.6 is 0 Å². The van der Waals surface area contributed by atoms with E-state index in [1.54, 1.807) is 0 Å². The Bertz CT molecular complexity index is 422. The first-order chi connectivity index (χ1) is 8.95. The number of rotatable bonds is 3. The Labute approximate surface area is 110 Å². The quantitative estimate of drug-likeness (QED) is 0.918. The van der Waals surface area contributed by atoms with Crippen LogP contribution in [0, 0.1) is 5.92 Å². The van der Waals surface area contributed by atoms with E-state index in [0.29, 0.717) is 12.5 Å². The minimum Gasteiger partial charge on any atom is -0.354 e. The lowest BCUT2D eigenvalue weighted by Crippen LogP contribution is -2.35. The number of aromatic nitrogens is 2. The average molecular weight is 274 g/mol. The van der Waals surface area contributed by atoms with Crippen molar-refractivity contribution in [2.24, 2.45) is 5.92 Å². The Morgan fingerprint density at radius 2 is 2.26 bits per heavy atom. The maximum absolute atomic E-state index is 12.5. The van der Waals surface area contributed by atoms with Gasteiger partial charge in [-0.3, -0.25) is 0 Å². The molecule has 4 nitrogen and oxygen atoms in total. The summed E-state index contributed by atoms with van der Waals surface area (Å²) >= 11 is 0. The van der Waals surface area contributed by atoms with E-state index in [4.69, 9.17) is 0 Å². The Kier molecular flexibility index (Phi) is 4.24. The average Bonchev–Trinajstić information content (AvgIpc) is 2.36. The fourth-order valence-corrected chi connectivity index (χ4v) is 2.28. The lowest BCUT2D eigenvalue weighted by atomic mass is 9.99. The smallest absolute Gasteiger partial charge is 0.354 e. The molecule has 1 N–H and O–H groups in total. The zero-order chi connectivity index (χ0) is 13.9. The minimum absolute atomic E-state index is 0.0445. The van der Waals surface area contributed by atoms with Crippen molar-refractivity contribution >= 4 is 5.95 Å². The van der Waals surface area contributed by atoms with Crippen molar-refractivity contribution in [1.29, 1.82) is 0 Å². The molecule has 2 rings (SSSR count). The summed E-state index contributed by atoms with van der Waals surface area (Å²) in [5, 5.41) is 2.90. The Hall–Kier alpha value is -1.37. The van der Waals surface area contributed by atoms with Gasteiger partial charge in [0, 0.05) is 19.3 Å². The monoisotopic (exact) mass is 274 g/mol. The second-order valence-electron chi connectivity index (χ2n) is 4.91. The van der Waals surface area contributed by atoms with Crippen molar-refractivity contribution in [3.05, 3.63) is 18.0 Å². The van der Waals surface area contributed by atoms with Crippen molar-refractivity contribution in [2.75, 3.05) is 32.0 Å².